The summed E-state index contributed by atoms with van der Waals surface area (Å²) in [6, 6.07) is 0. The Balaban J connectivity index is 2.04. The first-order chi connectivity index (χ1) is 9.58. The third-order valence-electron chi connectivity index (χ3n) is 3.30. The largest absolute Gasteiger partial charge is 0.310 e. The van der Waals surface area contributed by atoms with Crippen LogP contribution in [-0.2, 0) is 20.1 Å². The number of imidazole rings is 1. The molecule has 8 heteroatoms. The number of hydrogen-bond donors (Lipinski definition) is 0. The lowest BCUT2D eigenvalue weighted by molar-refractivity contribution is 0.508. The Morgan fingerprint density at radius 1 is 1.35 bits per heavy atom. The summed E-state index contributed by atoms with van der Waals surface area (Å²) in [5, 5.41) is 12.0. The van der Waals surface area contributed by atoms with Crippen LogP contribution in [0.3, 0.4) is 0 Å². The van der Waals surface area contributed by atoms with Gasteiger partial charge in [-0.1, -0.05) is 5.21 Å². The molecule has 0 saturated carbocycles. The minimum atomic E-state index is -0.155. The van der Waals surface area contributed by atoms with Crippen molar-refractivity contribution in [1.82, 2.24) is 34.3 Å². The molecule has 3 rings (SSSR count). The van der Waals surface area contributed by atoms with Crippen molar-refractivity contribution < 1.29 is 0 Å². The van der Waals surface area contributed by atoms with Crippen LogP contribution in [0.2, 0.25) is 0 Å². The third kappa shape index (κ3) is 2.07. The second kappa shape index (κ2) is 4.90. The highest BCUT2D eigenvalue weighted by atomic mass is 35.5. The van der Waals surface area contributed by atoms with Gasteiger partial charge in [0.15, 0.2) is 5.65 Å². The van der Waals surface area contributed by atoms with Crippen molar-refractivity contribution >= 4 is 22.8 Å². The second-order valence-corrected chi connectivity index (χ2v) is 5.44. The summed E-state index contributed by atoms with van der Waals surface area (Å²) in [7, 11) is 1.92. The summed E-state index contributed by atoms with van der Waals surface area (Å²) in [5.41, 5.74) is 2.82. The van der Waals surface area contributed by atoms with Gasteiger partial charge in [-0.05, 0) is 13.8 Å². The van der Waals surface area contributed by atoms with E-state index in [2.05, 4.69) is 25.0 Å². The SMILES string of the molecule is Cc1nn(C)c2c1nc(C(C)Cl)n2CCn1ccnn1. The van der Waals surface area contributed by atoms with E-state index in [9.17, 15) is 0 Å². The molecule has 1 atom stereocenters. The molecular weight excluding hydrogens is 278 g/mol. The molecule has 7 nitrogen and oxygen atoms in total. The lowest BCUT2D eigenvalue weighted by Gasteiger charge is -2.10. The molecule has 0 N–H and O–H groups in total. The summed E-state index contributed by atoms with van der Waals surface area (Å²) in [6.07, 6.45) is 3.51. The summed E-state index contributed by atoms with van der Waals surface area (Å²) in [5.74, 6) is 0.859. The van der Waals surface area contributed by atoms with Gasteiger partial charge in [-0.25, -0.2) is 4.98 Å². The van der Waals surface area contributed by atoms with Crippen molar-refractivity contribution in [1.29, 1.82) is 0 Å². The van der Waals surface area contributed by atoms with Crippen molar-refractivity contribution in [2.45, 2.75) is 32.3 Å². The van der Waals surface area contributed by atoms with Gasteiger partial charge in [0.05, 0.1) is 23.8 Å². The van der Waals surface area contributed by atoms with Gasteiger partial charge in [-0.2, -0.15) is 5.10 Å². The zero-order valence-corrected chi connectivity index (χ0v) is 12.4. The fourth-order valence-electron chi connectivity index (χ4n) is 2.43. The maximum atomic E-state index is 6.25. The van der Waals surface area contributed by atoms with Crippen molar-refractivity contribution in [3.05, 3.63) is 23.9 Å². The Hall–Kier alpha value is -1.89. The zero-order valence-electron chi connectivity index (χ0n) is 11.7. The van der Waals surface area contributed by atoms with E-state index in [1.807, 2.05) is 31.8 Å². The van der Waals surface area contributed by atoms with Crippen LogP contribution in [0.25, 0.3) is 11.2 Å². The van der Waals surface area contributed by atoms with Crippen molar-refractivity contribution in [3.8, 4) is 0 Å². The molecule has 0 aliphatic rings. The van der Waals surface area contributed by atoms with Crippen molar-refractivity contribution in [2.75, 3.05) is 0 Å². The van der Waals surface area contributed by atoms with Crippen LogP contribution < -0.4 is 0 Å². The number of aryl methyl sites for hydroxylation is 4. The molecule has 0 aliphatic heterocycles. The number of rotatable bonds is 4. The topological polar surface area (TPSA) is 66.3 Å². The Morgan fingerprint density at radius 3 is 2.80 bits per heavy atom. The lowest BCUT2D eigenvalue weighted by atomic mass is 10.4. The minimum absolute atomic E-state index is 0.155. The van der Waals surface area contributed by atoms with Crippen LogP contribution in [0.1, 0.15) is 23.8 Å². The first-order valence-electron chi connectivity index (χ1n) is 6.46. The molecule has 3 aromatic rings. The number of aromatic nitrogens is 7. The summed E-state index contributed by atoms with van der Waals surface area (Å²) < 4.78 is 5.74. The highest BCUT2D eigenvalue weighted by Crippen LogP contribution is 2.25. The van der Waals surface area contributed by atoms with Crippen LogP contribution in [-0.4, -0.2) is 34.3 Å². The van der Waals surface area contributed by atoms with E-state index < -0.39 is 0 Å². The quantitative estimate of drug-likeness (QED) is 0.686. The fraction of sp³-hybridized carbons (Fsp3) is 0.500. The number of alkyl halides is 1. The molecule has 3 aromatic heterocycles. The standard InChI is InChI=1S/C12H16ClN7/c1-8(13)11-15-10-9(2)16-18(3)12(10)20(11)7-6-19-5-4-14-17-19/h4-5,8H,6-7H2,1-3H3. The Labute approximate surface area is 121 Å². The molecule has 20 heavy (non-hydrogen) atoms. The molecule has 3 heterocycles. The summed E-state index contributed by atoms with van der Waals surface area (Å²) in [6.45, 7) is 5.33. The molecule has 0 spiro atoms. The highest BCUT2D eigenvalue weighted by Gasteiger charge is 2.19. The molecule has 0 fully saturated rings. The van der Waals surface area contributed by atoms with E-state index in [1.54, 1.807) is 10.9 Å². The summed E-state index contributed by atoms with van der Waals surface area (Å²) >= 11 is 6.25. The molecule has 0 aliphatic carbocycles. The van der Waals surface area contributed by atoms with Gasteiger partial charge < -0.3 is 4.57 Å². The monoisotopic (exact) mass is 293 g/mol. The molecule has 0 bridgehead atoms. The molecule has 106 valence electrons. The molecule has 0 aromatic carbocycles. The number of nitrogens with zero attached hydrogens (tertiary/aromatic N) is 7. The lowest BCUT2D eigenvalue weighted by Crippen LogP contribution is -2.13. The van der Waals surface area contributed by atoms with Crippen LogP contribution in [0.5, 0.6) is 0 Å². The first kappa shape index (κ1) is 13.1. The fourth-order valence-corrected chi connectivity index (χ4v) is 2.60. The Morgan fingerprint density at radius 2 is 2.15 bits per heavy atom. The predicted octanol–water partition coefficient (Wildman–Crippen LogP) is 1.67. The van der Waals surface area contributed by atoms with Gasteiger partial charge in [0.1, 0.15) is 11.3 Å². The minimum Gasteiger partial charge on any atom is -0.310 e. The maximum absolute atomic E-state index is 6.25. The Kier molecular flexibility index (Phi) is 3.21. The van der Waals surface area contributed by atoms with Gasteiger partial charge in [-0.3, -0.25) is 9.36 Å². The third-order valence-corrected chi connectivity index (χ3v) is 3.50. The van der Waals surface area contributed by atoms with E-state index >= 15 is 0 Å². The van der Waals surface area contributed by atoms with Crippen LogP contribution in [0, 0.1) is 6.92 Å². The molecular formula is C12H16ClN7. The van der Waals surface area contributed by atoms with Crippen LogP contribution in [0.15, 0.2) is 12.4 Å². The Bertz CT molecular complexity index is 723. The van der Waals surface area contributed by atoms with E-state index in [0.29, 0.717) is 6.54 Å². The number of halogens is 1. The van der Waals surface area contributed by atoms with Gasteiger partial charge in [0, 0.05) is 19.8 Å². The predicted molar refractivity (Wildman–Crippen MR) is 75.5 cm³/mol. The average Bonchev–Trinajstić information content (AvgIpc) is 3.07. The van der Waals surface area contributed by atoms with Gasteiger partial charge >= 0.3 is 0 Å². The zero-order chi connectivity index (χ0) is 14.3. The van der Waals surface area contributed by atoms with Crippen molar-refractivity contribution in [3.63, 3.8) is 0 Å². The van der Waals surface area contributed by atoms with Crippen LogP contribution in [0.4, 0.5) is 0 Å². The van der Waals surface area contributed by atoms with E-state index in [-0.39, 0.29) is 5.38 Å². The van der Waals surface area contributed by atoms with E-state index in [1.165, 1.54) is 0 Å². The van der Waals surface area contributed by atoms with Gasteiger partial charge in [-0.15, -0.1) is 16.7 Å². The molecule has 0 radical (unpaired) electrons. The summed E-state index contributed by atoms with van der Waals surface area (Å²) in [4.78, 5) is 4.63. The van der Waals surface area contributed by atoms with Crippen LogP contribution >= 0.6 is 11.6 Å². The number of hydrogen-bond acceptors (Lipinski definition) is 4. The van der Waals surface area contributed by atoms with Crippen molar-refractivity contribution in [2.24, 2.45) is 7.05 Å². The normalized spacial score (nSPS) is 13.2. The number of fused-ring (bicyclic) bond motifs is 1. The smallest absolute Gasteiger partial charge is 0.158 e. The highest BCUT2D eigenvalue weighted by molar-refractivity contribution is 6.20. The maximum Gasteiger partial charge on any atom is 0.158 e. The molecule has 0 saturated heterocycles. The second-order valence-electron chi connectivity index (χ2n) is 4.79. The molecule has 0 amide bonds. The average molecular weight is 294 g/mol. The van der Waals surface area contributed by atoms with E-state index in [4.69, 9.17) is 11.6 Å². The van der Waals surface area contributed by atoms with Gasteiger partial charge in [0.25, 0.3) is 0 Å². The van der Waals surface area contributed by atoms with E-state index in [0.717, 1.165) is 29.2 Å². The first-order valence-corrected chi connectivity index (χ1v) is 6.89. The van der Waals surface area contributed by atoms with Gasteiger partial charge in [0.2, 0.25) is 0 Å². The molecule has 1 unspecified atom stereocenters.